The van der Waals surface area contributed by atoms with Gasteiger partial charge in [0.2, 0.25) is 0 Å². The molecule has 3 aromatic heterocycles. The third kappa shape index (κ3) is 4.61. The normalized spacial score (nSPS) is 11.3. The number of fused-ring (bicyclic) bond motifs is 1. The van der Waals surface area contributed by atoms with Crippen molar-refractivity contribution < 1.29 is 9.59 Å². The lowest BCUT2D eigenvalue weighted by Gasteiger charge is -2.18. The lowest BCUT2D eigenvalue weighted by Crippen LogP contribution is -2.18. The Hall–Kier alpha value is -4.20. The Morgan fingerprint density at radius 1 is 0.971 bits per heavy atom. The summed E-state index contributed by atoms with van der Waals surface area (Å²) in [7, 11) is 1.77. The fourth-order valence-corrected chi connectivity index (χ4v) is 3.66. The number of aryl methyl sites for hydroxylation is 1. The van der Waals surface area contributed by atoms with Crippen molar-refractivity contribution in [1.29, 1.82) is 0 Å². The molecule has 0 aliphatic carbocycles. The summed E-state index contributed by atoms with van der Waals surface area (Å²) in [6, 6.07) is 10.8. The Labute approximate surface area is 198 Å². The molecule has 0 aliphatic heterocycles. The first kappa shape index (κ1) is 23.0. The van der Waals surface area contributed by atoms with E-state index in [1.807, 2.05) is 19.1 Å². The van der Waals surface area contributed by atoms with Crippen LogP contribution in [-0.4, -0.2) is 33.8 Å². The number of hydrogen-bond donors (Lipinski definition) is 4. The number of aromatic nitrogens is 3. The number of H-pyrrole nitrogens is 1. The number of aromatic amines is 1. The lowest BCUT2D eigenvalue weighted by atomic mass is 9.91. The van der Waals surface area contributed by atoms with Crippen LogP contribution in [0.15, 0.2) is 55.0 Å². The van der Waals surface area contributed by atoms with Crippen LogP contribution in [0.2, 0.25) is 0 Å². The number of carbonyl (C=O) groups excluding carboxylic acids is 2. The molecule has 0 atom stereocenters. The molecule has 0 saturated heterocycles. The molecule has 4 rings (SSSR count). The van der Waals surface area contributed by atoms with Gasteiger partial charge in [0.25, 0.3) is 11.8 Å². The van der Waals surface area contributed by atoms with E-state index in [9.17, 15) is 9.59 Å². The number of anilines is 3. The number of hydrogen-bond acceptors (Lipinski definition) is 5. The summed E-state index contributed by atoms with van der Waals surface area (Å²) in [5.74, 6) is -0.538. The maximum absolute atomic E-state index is 13.1. The van der Waals surface area contributed by atoms with Gasteiger partial charge in [0, 0.05) is 59.1 Å². The molecule has 174 valence electrons. The molecule has 0 fully saturated rings. The molecule has 8 nitrogen and oxygen atoms in total. The van der Waals surface area contributed by atoms with Gasteiger partial charge in [0.1, 0.15) is 5.65 Å². The summed E-state index contributed by atoms with van der Waals surface area (Å²) >= 11 is 0. The molecule has 0 unspecified atom stereocenters. The average molecular weight is 457 g/mol. The Morgan fingerprint density at radius 3 is 2.50 bits per heavy atom. The third-order valence-corrected chi connectivity index (χ3v) is 5.62. The molecule has 4 N–H and O–H groups in total. The maximum atomic E-state index is 13.1. The Morgan fingerprint density at radius 2 is 1.76 bits per heavy atom. The van der Waals surface area contributed by atoms with Gasteiger partial charge >= 0.3 is 0 Å². The summed E-state index contributed by atoms with van der Waals surface area (Å²) in [4.78, 5) is 37.7. The summed E-state index contributed by atoms with van der Waals surface area (Å²) in [5.41, 5.74) is 5.06. The molecule has 1 aromatic carbocycles. The summed E-state index contributed by atoms with van der Waals surface area (Å²) in [5, 5.41) is 9.79. The van der Waals surface area contributed by atoms with E-state index in [1.54, 1.807) is 43.7 Å². The molecule has 0 saturated carbocycles. The van der Waals surface area contributed by atoms with Crippen LogP contribution >= 0.6 is 0 Å². The zero-order valence-electron chi connectivity index (χ0n) is 19.9. The van der Waals surface area contributed by atoms with Gasteiger partial charge in [-0.1, -0.05) is 26.8 Å². The number of amides is 2. The number of pyridine rings is 2. The molecule has 0 radical (unpaired) electrons. The van der Waals surface area contributed by atoms with Crippen LogP contribution in [0.5, 0.6) is 0 Å². The highest BCUT2D eigenvalue weighted by atomic mass is 16.2. The monoisotopic (exact) mass is 456 g/mol. The van der Waals surface area contributed by atoms with Crippen molar-refractivity contribution in [3.63, 3.8) is 0 Å². The molecule has 0 aliphatic rings. The van der Waals surface area contributed by atoms with Gasteiger partial charge in [-0.25, -0.2) is 4.98 Å². The largest absolute Gasteiger partial charge is 0.387 e. The maximum Gasteiger partial charge on any atom is 0.259 e. The van der Waals surface area contributed by atoms with Crippen molar-refractivity contribution >= 4 is 39.9 Å². The van der Waals surface area contributed by atoms with Gasteiger partial charge in [-0.3, -0.25) is 14.6 Å². The van der Waals surface area contributed by atoms with Crippen LogP contribution in [-0.2, 0) is 5.41 Å². The van der Waals surface area contributed by atoms with E-state index in [-0.39, 0.29) is 17.2 Å². The third-order valence-electron chi connectivity index (χ3n) is 5.62. The van der Waals surface area contributed by atoms with Crippen molar-refractivity contribution in [3.8, 4) is 0 Å². The van der Waals surface area contributed by atoms with Crippen molar-refractivity contribution in [2.24, 2.45) is 0 Å². The molecular weight excluding hydrogens is 428 g/mol. The fraction of sp³-hybridized carbons (Fsp3) is 0.231. The smallest absolute Gasteiger partial charge is 0.259 e. The number of benzene rings is 1. The minimum absolute atomic E-state index is 0.165. The average Bonchev–Trinajstić information content (AvgIpc) is 3.29. The van der Waals surface area contributed by atoms with Crippen LogP contribution in [0.4, 0.5) is 17.1 Å². The van der Waals surface area contributed by atoms with E-state index in [0.717, 1.165) is 16.6 Å². The standard InChI is InChI=1S/C26H28N6O2/c1-15-6-7-17(31-24(33)16-8-10-28-21(12-16)26(2,3)4)13-20(15)32-25(34)19-14-30-23-18(9-11-29-23)22(19)27-5/h6-14H,1-5H3,(H,31,33)(H,32,34)(H2,27,29,30). The minimum Gasteiger partial charge on any atom is -0.387 e. The number of nitrogens with zero attached hydrogens (tertiary/aromatic N) is 2. The lowest BCUT2D eigenvalue weighted by molar-refractivity contribution is 0.101. The van der Waals surface area contributed by atoms with Crippen LogP contribution < -0.4 is 16.0 Å². The Balaban J connectivity index is 1.56. The van der Waals surface area contributed by atoms with E-state index in [0.29, 0.717) is 33.8 Å². The Bertz CT molecular complexity index is 1380. The van der Waals surface area contributed by atoms with E-state index in [2.05, 4.69) is 51.7 Å². The first-order chi connectivity index (χ1) is 16.2. The second-order valence-electron chi connectivity index (χ2n) is 9.15. The predicted molar refractivity (Wildman–Crippen MR) is 136 cm³/mol. The second-order valence-corrected chi connectivity index (χ2v) is 9.15. The van der Waals surface area contributed by atoms with Gasteiger partial charge in [-0.2, -0.15) is 0 Å². The van der Waals surface area contributed by atoms with Gasteiger partial charge in [0.05, 0.1) is 11.3 Å². The number of carbonyl (C=O) groups is 2. The minimum atomic E-state index is -0.296. The zero-order chi connectivity index (χ0) is 24.5. The highest BCUT2D eigenvalue weighted by Crippen LogP contribution is 2.27. The highest BCUT2D eigenvalue weighted by Gasteiger charge is 2.19. The Kier molecular flexibility index (Phi) is 6.06. The molecule has 3 heterocycles. The van der Waals surface area contributed by atoms with Gasteiger partial charge in [-0.15, -0.1) is 0 Å². The summed E-state index contributed by atoms with van der Waals surface area (Å²) < 4.78 is 0. The van der Waals surface area contributed by atoms with Crippen LogP contribution in [0.25, 0.3) is 11.0 Å². The zero-order valence-corrected chi connectivity index (χ0v) is 19.9. The number of rotatable bonds is 5. The first-order valence-electron chi connectivity index (χ1n) is 11.0. The van der Waals surface area contributed by atoms with Crippen molar-refractivity contribution in [1.82, 2.24) is 15.0 Å². The van der Waals surface area contributed by atoms with Crippen molar-refractivity contribution in [3.05, 3.63) is 77.4 Å². The molecule has 4 aromatic rings. The van der Waals surface area contributed by atoms with E-state index in [1.165, 1.54) is 6.20 Å². The van der Waals surface area contributed by atoms with Crippen LogP contribution in [0.3, 0.4) is 0 Å². The quantitative estimate of drug-likeness (QED) is 0.333. The molecule has 2 amide bonds. The first-order valence-corrected chi connectivity index (χ1v) is 11.0. The summed E-state index contributed by atoms with van der Waals surface area (Å²) in [6.07, 6.45) is 4.96. The van der Waals surface area contributed by atoms with Gasteiger partial charge in [-0.05, 0) is 42.8 Å². The van der Waals surface area contributed by atoms with Gasteiger partial charge < -0.3 is 20.9 Å². The molecule has 0 bridgehead atoms. The van der Waals surface area contributed by atoms with E-state index in [4.69, 9.17) is 0 Å². The van der Waals surface area contributed by atoms with E-state index < -0.39 is 0 Å². The molecule has 34 heavy (non-hydrogen) atoms. The SMILES string of the molecule is CNc1c(C(=O)Nc2cc(NC(=O)c3ccnc(C(C)(C)C)c3)ccc2C)cnc2[nH]ccc12. The molecular formula is C26H28N6O2. The predicted octanol–water partition coefficient (Wildman–Crippen LogP) is 5.11. The summed E-state index contributed by atoms with van der Waals surface area (Å²) in [6.45, 7) is 8.05. The topological polar surface area (TPSA) is 112 Å². The van der Waals surface area contributed by atoms with Crippen LogP contribution in [0, 0.1) is 6.92 Å². The van der Waals surface area contributed by atoms with Gasteiger partial charge in [0.15, 0.2) is 0 Å². The van der Waals surface area contributed by atoms with Crippen LogP contribution in [0.1, 0.15) is 52.7 Å². The second kappa shape index (κ2) is 8.97. The highest BCUT2D eigenvalue weighted by molar-refractivity contribution is 6.12. The van der Waals surface area contributed by atoms with Crippen molar-refractivity contribution in [2.75, 3.05) is 23.0 Å². The number of nitrogens with one attached hydrogen (secondary N) is 4. The van der Waals surface area contributed by atoms with E-state index >= 15 is 0 Å². The molecule has 8 heteroatoms. The fourth-order valence-electron chi connectivity index (χ4n) is 3.66. The molecule has 0 spiro atoms. The van der Waals surface area contributed by atoms with Crippen molar-refractivity contribution in [2.45, 2.75) is 33.1 Å².